The van der Waals surface area contributed by atoms with Crippen molar-refractivity contribution >= 4 is 39.8 Å². The van der Waals surface area contributed by atoms with Crippen molar-refractivity contribution in [1.82, 2.24) is 0 Å². The highest BCUT2D eigenvalue weighted by atomic mass is 35.5. The van der Waals surface area contributed by atoms with E-state index in [2.05, 4.69) is 12.2 Å². The molecule has 0 fully saturated rings. The molecule has 2 amide bonds. The fourth-order valence-corrected chi connectivity index (χ4v) is 4.62. The molecule has 0 spiro atoms. The van der Waals surface area contributed by atoms with Crippen molar-refractivity contribution in [2.24, 2.45) is 11.7 Å². The normalized spacial score (nSPS) is 16.5. The highest BCUT2D eigenvalue weighted by Crippen LogP contribution is 2.39. The Hall–Kier alpha value is -1.85. The van der Waals surface area contributed by atoms with Crippen LogP contribution in [0.15, 0.2) is 24.3 Å². The van der Waals surface area contributed by atoms with Crippen molar-refractivity contribution in [3.8, 4) is 0 Å². The molecule has 3 N–H and O–H groups in total. The summed E-state index contributed by atoms with van der Waals surface area (Å²) in [6.07, 6.45) is 3.06. The van der Waals surface area contributed by atoms with Crippen LogP contribution in [0.2, 0.25) is 5.02 Å². The van der Waals surface area contributed by atoms with Crippen LogP contribution in [0.5, 0.6) is 0 Å². The summed E-state index contributed by atoms with van der Waals surface area (Å²) >= 11 is 7.33. The lowest BCUT2D eigenvalue weighted by Gasteiger charge is -2.18. The second-order valence-electron chi connectivity index (χ2n) is 6.27. The number of rotatable bonds is 4. The van der Waals surface area contributed by atoms with Crippen LogP contribution >= 0.6 is 22.9 Å². The summed E-state index contributed by atoms with van der Waals surface area (Å²) in [5.41, 5.74) is 7.95. The maximum Gasteiger partial charge on any atom is 0.251 e. The monoisotopic (exact) mass is 362 g/mol. The first-order valence-electron chi connectivity index (χ1n) is 7.92. The summed E-state index contributed by atoms with van der Waals surface area (Å²) in [6.45, 7) is 2.20. The molecule has 6 heteroatoms. The first-order chi connectivity index (χ1) is 11.4. The topological polar surface area (TPSA) is 72.2 Å². The number of amides is 2. The Balaban J connectivity index is 1.80. The minimum absolute atomic E-state index is 0.161. The molecular weight excluding hydrogens is 344 g/mol. The van der Waals surface area contributed by atoms with Crippen molar-refractivity contribution < 1.29 is 9.59 Å². The van der Waals surface area contributed by atoms with E-state index in [4.69, 9.17) is 17.3 Å². The van der Waals surface area contributed by atoms with Crippen LogP contribution < -0.4 is 11.1 Å². The number of hydrogen-bond donors (Lipinski definition) is 2. The number of benzene rings is 1. The Morgan fingerprint density at radius 3 is 2.71 bits per heavy atom. The summed E-state index contributed by atoms with van der Waals surface area (Å²) < 4.78 is 0. The summed E-state index contributed by atoms with van der Waals surface area (Å²) in [4.78, 5) is 25.4. The third-order valence-corrected chi connectivity index (χ3v) is 5.71. The Kier molecular flexibility index (Phi) is 4.92. The summed E-state index contributed by atoms with van der Waals surface area (Å²) in [6, 6.07) is 7.14. The van der Waals surface area contributed by atoms with Gasteiger partial charge in [-0.1, -0.05) is 30.7 Å². The Labute approximate surface area is 150 Å². The van der Waals surface area contributed by atoms with Crippen LogP contribution in [0, 0.1) is 5.92 Å². The number of fused-ring (bicyclic) bond motifs is 1. The van der Waals surface area contributed by atoms with Gasteiger partial charge in [0.05, 0.1) is 12.0 Å². The molecule has 1 aromatic carbocycles. The Morgan fingerprint density at radius 1 is 1.33 bits per heavy atom. The summed E-state index contributed by atoms with van der Waals surface area (Å²) in [7, 11) is 0. The zero-order chi connectivity index (χ0) is 17.3. The van der Waals surface area contributed by atoms with Crippen LogP contribution in [0.4, 0.5) is 5.00 Å². The van der Waals surface area contributed by atoms with Gasteiger partial charge in [-0.3, -0.25) is 9.59 Å². The molecule has 0 unspecified atom stereocenters. The van der Waals surface area contributed by atoms with Gasteiger partial charge in [0, 0.05) is 9.90 Å². The number of nitrogens with one attached hydrogen (secondary N) is 1. The number of halogens is 1. The summed E-state index contributed by atoms with van der Waals surface area (Å²) in [5, 5.41) is 4.09. The van der Waals surface area contributed by atoms with E-state index in [1.54, 1.807) is 12.1 Å². The SMILES string of the molecule is C[C@@H]1CCc2c(sc(NC(=O)Cc3ccc(Cl)cc3)c2C(N)=O)C1. The number of nitrogens with two attached hydrogens (primary N) is 1. The van der Waals surface area contributed by atoms with Crippen molar-refractivity contribution in [3.05, 3.63) is 50.9 Å². The van der Waals surface area contributed by atoms with E-state index in [9.17, 15) is 9.59 Å². The van der Waals surface area contributed by atoms with Gasteiger partial charge >= 0.3 is 0 Å². The van der Waals surface area contributed by atoms with E-state index in [-0.39, 0.29) is 12.3 Å². The minimum Gasteiger partial charge on any atom is -0.365 e. The third kappa shape index (κ3) is 3.62. The third-order valence-electron chi connectivity index (χ3n) is 4.29. The fraction of sp³-hybridized carbons (Fsp3) is 0.333. The Bertz CT molecular complexity index is 783. The molecule has 0 saturated heterocycles. The zero-order valence-corrected chi connectivity index (χ0v) is 15.0. The van der Waals surface area contributed by atoms with Crippen molar-refractivity contribution in [1.29, 1.82) is 0 Å². The molecule has 4 nitrogen and oxygen atoms in total. The van der Waals surface area contributed by atoms with Gasteiger partial charge in [0.25, 0.3) is 5.91 Å². The molecule has 1 heterocycles. The van der Waals surface area contributed by atoms with Crippen LogP contribution in [-0.2, 0) is 24.1 Å². The van der Waals surface area contributed by atoms with Gasteiger partial charge in [-0.2, -0.15) is 0 Å². The molecule has 0 radical (unpaired) electrons. The first-order valence-corrected chi connectivity index (χ1v) is 9.12. The van der Waals surface area contributed by atoms with Gasteiger partial charge in [0.15, 0.2) is 0 Å². The lowest BCUT2D eigenvalue weighted by atomic mass is 9.88. The van der Waals surface area contributed by atoms with Crippen LogP contribution in [0.1, 0.15) is 39.7 Å². The van der Waals surface area contributed by atoms with Gasteiger partial charge in [0.1, 0.15) is 5.00 Å². The molecule has 1 aliphatic carbocycles. The van der Waals surface area contributed by atoms with Gasteiger partial charge in [-0.05, 0) is 48.4 Å². The predicted molar refractivity (Wildman–Crippen MR) is 97.8 cm³/mol. The molecule has 126 valence electrons. The van der Waals surface area contributed by atoms with E-state index >= 15 is 0 Å². The molecule has 2 aromatic rings. The van der Waals surface area contributed by atoms with E-state index in [0.29, 0.717) is 21.5 Å². The van der Waals surface area contributed by atoms with Crippen molar-refractivity contribution in [2.45, 2.75) is 32.6 Å². The maximum atomic E-state index is 12.3. The number of primary amides is 1. The second kappa shape index (κ2) is 6.95. The standard InChI is InChI=1S/C18H19ClN2O2S/c1-10-2-7-13-14(8-10)24-18(16(13)17(20)23)21-15(22)9-11-3-5-12(19)6-4-11/h3-6,10H,2,7-9H2,1H3,(H2,20,23)(H,21,22)/t10-/m1/s1. The molecule has 24 heavy (non-hydrogen) atoms. The highest BCUT2D eigenvalue weighted by molar-refractivity contribution is 7.17. The van der Waals surface area contributed by atoms with E-state index in [1.807, 2.05) is 12.1 Å². The van der Waals surface area contributed by atoms with Gasteiger partial charge in [0.2, 0.25) is 5.91 Å². The maximum absolute atomic E-state index is 12.3. The molecule has 1 aliphatic rings. The lowest BCUT2D eigenvalue weighted by Crippen LogP contribution is -2.20. The molecule has 1 aromatic heterocycles. The van der Waals surface area contributed by atoms with Crippen molar-refractivity contribution in [2.75, 3.05) is 5.32 Å². The molecule has 0 aliphatic heterocycles. The average molecular weight is 363 g/mol. The van der Waals surface area contributed by atoms with Crippen LogP contribution in [0.3, 0.4) is 0 Å². The molecule has 0 saturated carbocycles. The van der Waals surface area contributed by atoms with E-state index in [0.717, 1.165) is 30.4 Å². The highest BCUT2D eigenvalue weighted by Gasteiger charge is 2.27. The van der Waals surface area contributed by atoms with Gasteiger partial charge < -0.3 is 11.1 Å². The molecule has 3 rings (SSSR count). The number of hydrogen-bond acceptors (Lipinski definition) is 3. The Morgan fingerprint density at radius 2 is 2.04 bits per heavy atom. The molecule has 1 atom stereocenters. The second-order valence-corrected chi connectivity index (χ2v) is 7.81. The zero-order valence-electron chi connectivity index (χ0n) is 13.4. The minimum atomic E-state index is -0.469. The number of carbonyl (C=O) groups is 2. The largest absolute Gasteiger partial charge is 0.365 e. The van der Waals surface area contributed by atoms with Gasteiger partial charge in [-0.25, -0.2) is 0 Å². The number of carbonyl (C=O) groups excluding carboxylic acids is 2. The summed E-state index contributed by atoms with van der Waals surface area (Å²) in [5.74, 6) is -0.0372. The quantitative estimate of drug-likeness (QED) is 0.868. The first kappa shape index (κ1) is 17.0. The fourth-order valence-electron chi connectivity index (χ4n) is 3.06. The molecule has 0 bridgehead atoms. The van der Waals surface area contributed by atoms with E-state index in [1.165, 1.54) is 16.2 Å². The van der Waals surface area contributed by atoms with E-state index < -0.39 is 5.91 Å². The molecular formula is C18H19ClN2O2S. The van der Waals surface area contributed by atoms with Crippen LogP contribution in [-0.4, -0.2) is 11.8 Å². The predicted octanol–water partition coefficient (Wildman–Crippen LogP) is 3.81. The number of anilines is 1. The van der Waals surface area contributed by atoms with Crippen LogP contribution in [0.25, 0.3) is 0 Å². The van der Waals surface area contributed by atoms with Gasteiger partial charge in [-0.15, -0.1) is 11.3 Å². The lowest BCUT2D eigenvalue weighted by molar-refractivity contribution is -0.115. The van der Waals surface area contributed by atoms with Crippen molar-refractivity contribution in [3.63, 3.8) is 0 Å². The smallest absolute Gasteiger partial charge is 0.251 e. The number of thiophene rings is 1. The average Bonchev–Trinajstić information content (AvgIpc) is 2.86.